The molecule has 2 amide bonds. The number of carbonyl (C=O) groups is 4. The van der Waals surface area contributed by atoms with E-state index in [0.29, 0.717) is 11.9 Å². The van der Waals surface area contributed by atoms with E-state index >= 15 is 0 Å². The minimum atomic E-state index is -2.08. The summed E-state index contributed by atoms with van der Waals surface area (Å²) in [5, 5.41) is 14.6. The van der Waals surface area contributed by atoms with Gasteiger partial charge in [-0.05, 0) is 24.1 Å². The van der Waals surface area contributed by atoms with Crippen LogP contribution in [-0.4, -0.2) is 81.2 Å². The minimum absolute atomic E-state index is 0.0306. The van der Waals surface area contributed by atoms with Crippen molar-refractivity contribution in [1.29, 1.82) is 5.26 Å². The van der Waals surface area contributed by atoms with Gasteiger partial charge in [-0.25, -0.2) is 24.0 Å². The fraction of sp³-hybridized carbons (Fsp3) is 0.370. The number of nitriles is 1. The number of anilines is 1. The van der Waals surface area contributed by atoms with Gasteiger partial charge in [0.05, 0.1) is 11.7 Å². The lowest BCUT2D eigenvalue weighted by atomic mass is 9.92. The summed E-state index contributed by atoms with van der Waals surface area (Å²) in [4.78, 5) is 54.6. The number of rotatable bonds is 7. The summed E-state index contributed by atoms with van der Waals surface area (Å²) in [6, 6.07) is 13.6. The Morgan fingerprint density at radius 1 is 1.14 bits per heavy atom. The van der Waals surface area contributed by atoms with Crippen molar-refractivity contribution in [3.05, 3.63) is 60.0 Å². The second kappa shape index (κ2) is 11.3. The lowest BCUT2D eigenvalue weighted by Gasteiger charge is -2.28. The summed E-state index contributed by atoms with van der Waals surface area (Å²) < 4.78 is 28.9. The molecule has 2 aliphatic heterocycles. The number of nitrogen functional groups attached to an aromatic ring is 1. The van der Waals surface area contributed by atoms with Gasteiger partial charge in [-0.3, -0.25) is 9.59 Å². The van der Waals surface area contributed by atoms with E-state index in [4.69, 9.17) is 29.4 Å². The van der Waals surface area contributed by atoms with Gasteiger partial charge in [0.15, 0.2) is 18.0 Å². The van der Waals surface area contributed by atoms with E-state index in [1.807, 2.05) is 36.4 Å². The van der Waals surface area contributed by atoms with Crippen LogP contribution in [0.5, 0.6) is 0 Å². The van der Waals surface area contributed by atoms with Crippen LogP contribution in [0.1, 0.15) is 25.1 Å². The number of cyclic esters (lactones) is 1. The first kappa shape index (κ1) is 28.3. The SMILES string of the molecule is CC(=O)O[C@H]1[C@@H](OC(C)=O)[C@](C#N)(c2ccc3c(N)ncnn23)O[C@@H]1COC(=O)N1C(=O)OC[C@@H]1Cc1ccccc1. The number of esters is 2. The van der Waals surface area contributed by atoms with Crippen molar-refractivity contribution in [2.45, 2.75) is 50.2 Å². The molecule has 2 fully saturated rings. The topological polar surface area (TPSA) is 198 Å². The molecule has 42 heavy (non-hydrogen) atoms. The monoisotopic (exact) mass is 578 g/mol. The molecule has 0 aliphatic carbocycles. The standard InChI is InChI=1S/C27H26N6O9/c1-15(34)40-22-20(12-39-26(37)32-18(11-38-25(32)36)10-17-6-4-3-5-7-17)42-27(13-28,23(22)41-16(2)35)21-9-8-19-24(29)30-14-31-33(19)21/h3-9,14,18,20,22-23H,10-12H2,1-2H3,(H2,29,30,31)/t18-,20+,22+,23+,27-/m0/s1. The predicted molar refractivity (Wildman–Crippen MR) is 139 cm³/mol. The quantitative estimate of drug-likeness (QED) is 0.313. The second-order valence-corrected chi connectivity index (χ2v) is 9.64. The Morgan fingerprint density at radius 3 is 2.57 bits per heavy atom. The molecule has 0 radical (unpaired) electrons. The number of ether oxygens (including phenoxy) is 5. The van der Waals surface area contributed by atoms with Crippen molar-refractivity contribution in [2.75, 3.05) is 18.9 Å². The zero-order chi connectivity index (χ0) is 30.0. The van der Waals surface area contributed by atoms with Crippen molar-refractivity contribution in [1.82, 2.24) is 19.5 Å². The van der Waals surface area contributed by atoms with Crippen LogP contribution in [0.2, 0.25) is 0 Å². The van der Waals surface area contributed by atoms with E-state index in [1.165, 1.54) is 16.6 Å². The van der Waals surface area contributed by atoms with Gasteiger partial charge < -0.3 is 29.4 Å². The molecule has 15 heteroatoms. The third-order valence-electron chi connectivity index (χ3n) is 6.87. The molecule has 2 aromatic heterocycles. The first-order chi connectivity index (χ1) is 20.1. The maximum atomic E-state index is 13.1. The largest absolute Gasteiger partial charge is 0.455 e. The smallest absolute Gasteiger partial charge is 0.419 e. The van der Waals surface area contributed by atoms with Gasteiger partial charge in [-0.15, -0.1) is 0 Å². The maximum absolute atomic E-state index is 13.1. The molecule has 0 saturated carbocycles. The van der Waals surface area contributed by atoms with Crippen LogP contribution < -0.4 is 5.73 Å². The second-order valence-electron chi connectivity index (χ2n) is 9.64. The van der Waals surface area contributed by atoms with Crippen LogP contribution in [0.4, 0.5) is 15.4 Å². The molecular weight excluding hydrogens is 552 g/mol. The fourth-order valence-corrected chi connectivity index (χ4v) is 5.12. The zero-order valence-corrected chi connectivity index (χ0v) is 22.5. The number of hydrogen-bond donors (Lipinski definition) is 1. The van der Waals surface area contributed by atoms with Crippen LogP contribution in [0, 0.1) is 11.3 Å². The Morgan fingerprint density at radius 2 is 1.88 bits per heavy atom. The van der Waals surface area contributed by atoms with Crippen LogP contribution in [0.15, 0.2) is 48.8 Å². The molecule has 5 atom stereocenters. The summed E-state index contributed by atoms with van der Waals surface area (Å²) in [6.45, 7) is 1.62. The molecule has 218 valence electrons. The van der Waals surface area contributed by atoms with Gasteiger partial charge in [0.25, 0.3) is 0 Å². The minimum Gasteiger partial charge on any atom is -0.455 e. The summed E-state index contributed by atoms with van der Waals surface area (Å²) in [6.07, 6.45) is -4.63. The lowest BCUT2D eigenvalue weighted by Crippen LogP contribution is -2.46. The van der Waals surface area contributed by atoms with Crippen molar-refractivity contribution in [2.24, 2.45) is 0 Å². The lowest BCUT2D eigenvalue weighted by molar-refractivity contribution is -0.166. The molecule has 2 saturated heterocycles. The Bertz CT molecular complexity index is 1570. The van der Waals surface area contributed by atoms with Crippen molar-refractivity contribution >= 4 is 35.5 Å². The number of aromatic nitrogens is 3. The molecule has 15 nitrogen and oxygen atoms in total. The number of carbonyl (C=O) groups excluding carboxylic acids is 4. The molecule has 1 aromatic carbocycles. The number of nitrogens with two attached hydrogens (primary N) is 1. The van der Waals surface area contributed by atoms with E-state index < -0.39 is 60.7 Å². The third kappa shape index (κ3) is 5.15. The fourth-order valence-electron chi connectivity index (χ4n) is 5.12. The molecule has 0 spiro atoms. The number of hydrogen-bond acceptors (Lipinski definition) is 13. The Labute approximate surface area is 238 Å². The molecule has 0 bridgehead atoms. The summed E-state index contributed by atoms with van der Waals surface area (Å²) in [5.41, 5.74) is 5.17. The number of nitrogens with zero attached hydrogens (tertiary/aromatic N) is 5. The van der Waals surface area contributed by atoms with Crippen LogP contribution in [0.3, 0.4) is 0 Å². The van der Waals surface area contributed by atoms with Crippen LogP contribution >= 0.6 is 0 Å². The molecule has 0 unspecified atom stereocenters. The Hall–Kier alpha value is -5.23. The highest BCUT2D eigenvalue weighted by molar-refractivity contribution is 5.89. The van der Waals surface area contributed by atoms with Gasteiger partial charge >= 0.3 is 24.1 Å². The number of imide groups is 1. The highest BCUT2D eigenvalue weighted by Gasteiger charge is 2.62. The first-order valence-electron chi connectivity index (χ1n) is 12.8. The average Bonchev–Trinajstić information content (AvgIpc) is 3.63. The van der Waals surface area contributed by atoms with Crippen molar-refractivity contribution in [3.8, 4) is 6.07 Å². The van der Waals surface area contributed by atoms with E-state index in [0.717, 1.165) is 30.6 Å². The molecule has 2 aliphatic rings. The molecule has 3 aromatic rings. The van der Waals surface area contributed by atoms with E-state index in [-0.39, 0.29) is 18.1 Å². The van der Waals surface area contributed by atoms with Crippen LogP contribution in [0.25, 0.3) is 5.52 Å². The number of benzene rings is 1. The highest BCUT2D eigenvalue weighted by Crippen LogP contribution is 2.43. The molecule has 4 heterocycles. The summed E-state index contributed by atoms with van der Waals surface area (Å²) in [7, 11) is 0. The van der Waals surface area contributed by atoms with Gasteiger partial charge in [0.2, 0.25) is 5.60 Å². The third-order valence-corrected chi connectivity index (χ3v) is 6.87. The van der Waals surface area contributed by atoms with Gasteiger partial charge in [0, 0.05) is 13.8 Å². The van der Waals surface area contributed by atoms with E-state index in [2.05, 4.69) is 10.1 Å². The summed E-state index contributed by atoms with van der Waals surface area (Å²) in [5.74, 6) is -1.46. The van der Waals surface area contributed by atoms with Gasteiger partial charge in [-0.2, -0.15) is 10.4 Å². The van der Waals surface area contributed by atoms with E-state index in [1.54, 1.807) is 0 Å². The summed E-state index contributed by atoms with van der Waals surface area (Å²) >= 11 is 0. The number of fused-ring (bicyclic) bond motifs is 1. The maximum Gasteiger partial charge on any atom is 0.419 e. The van der Waals surface area contributed by atoms with Gasteiger partial charge in [0.1, 0.15) is 37.2 Å². The molecular formula is C27H26N6O9. The first-order valence-corrected chi connectivity index (χ1v) is 12.8. The Kier molecular flexibility index (Phi) is 7.64. The normalized spacial score (nSPS) is 25.1. The molecule has 2 N–H and O–H groups in total. The van der Waals surface area contributed by atoms with Crippen molar-refractivity contribution < 1.29 is 42.9 Å². The van der Waals surface area contributed by atoms with Gasteiger partial charge in [-0.1, -0.05) is 30.3 Å². The average molecular weight is 579 g/mol. The number of amides is 2. The zero-order valence-electron chi connectivity index (χ0n) is 22.5. The highest BCUT2D eigenvalue weighted by atomic mass is 16.7. The van der Waals surface area contributed by atoms with E-state index in [9.17, 15) is 24.4 Å². The molecule has 5 rings (SSSR count). The van der Waals surface area contributed by atoms with Crippen LogP contribution in [-0.2, 0) is 45.3 Å². The predicted octanol–water partition coefficient (Wildman–Crippen LogP) is 1.49. The van der Waals surface area contributed by atoms with Crippen molar-refractivity contribution in [3.63, 3.8) is 0 Å². The Balaban J connectivity index is 1.44.